The molecular weight excluding hydrogens is 413 g/mol. The van der Waals surface area contributed by atoms with E-state index >= 15 is 0 Å². The van der Waals surface area contributed by atoms with Crippen LogP contribution in [0.2, 0.25) is 0 Å². The molecule has 0 bridgehead atoms. The normalized spacial score (nSPS) is 11.8. The Bertz CT molecular complexity index is 1220. The quantitative estimate of drug-likeness (QED) is 0.333. The number of benzene rings is 3. The Kier molecular flexibility index (Phi) is 6.98. The first kappa shape index (κ1) is 22.5. The summed E-state index contributed by atoms with van der Waals surface area (Å²) in [5.41, 5.74) is 3.47. The lowest BCUT2D eigenvalue weighted by molar-refractivity contribution is 0.0926. The zero-order valence-corrected chi connectivity index (χ0v) is 19.0. The molecule has 0 aliphatic rings. The Labute approximate surface area is 194 Å². The third kappa shape index (κ3) is 4.87. The van der Waals surface area contributed by atoms with Gasteiger partial charge in [-0.2, -0.15) is 0 Å². The van der Waals surface area contributed by atoms with Crippen molar-refractivity contribution < 1.29 is 9.18 Å². The molecule has 1 aromatic heterocycles. The van der Waals surface area contributed by atoms with E-state index in [0.717, 1.165) is 24.0 Å². The molecule has 0 saturated heterocycles. The molecule has 0 radical (unpaired) electrons. The Morgan fingerprint density at radius 2 is 1.61 bits per heavy atom. The topological polar surface area (TPSA) is 46.9 Å². The lowest BCUT2D eigenvalue weighted by Crippen LogP contribution is -2.30. The van der Waals surface area contributed by atoms with Gasteiger partial charge in [0.05, 0.1) is 6.04 Å². The molecule has 4 nitrogen and oxygen atoms in total. The molecule has 3 aromatic carbocycles. The predicted octanol–water partition coefficient (Wildman–Crippen LogP) is 6.65. The van der Waals surface area contributed by atoms with Crippen LogP contribution in [0, 0.1) is 5.82 Å². The van der Waals surface area contributed by atoms with Crippen LogP contribution in [0.15, 0.2) is 84.9 Å². The summed E-state index contributed by atoms with van der Waals surface area (Å²) in [6, 6.07) is 25.9. The van der Waals surface area contributed by atoms with Crippen molar-refractivity contribution in [1.82, 2.24) is 14.9 Å². The van der Waals surface area contributed by atoms with Gasteiger partial charge in [0.2, 0.25) is 0 Å². The summed E-state index contributed by atoms with van der Waals surface area (Å²) in [7, 11) is 0. The Hall–Kier alpha value is -3.73. The summed E-state index contributed by atoms with van der Waals surface area (Å²) in [5.74, 6) is 0.113. The second-order valence-electron chi connectivity index (χ2n) is 7.98. The van der Waals surface area contributed by atoms with Crippen LogP contribution >= 0.6 is 0 Å². The highest BCUT2D eigenvalue weighted by Gasteiger charge is 2.26. The fraction of sp³-hybridized carbons (Fsp3) is 0.214. The number of hydrogen-bond donors (Lipinski definition) is 1. The summed E-state index contributed by atoms with van der Waals surface area (Å²) in [5, 5.41) is 3.22. The Balaban J connectivity index is 1.83. The SMILES string of the molecule is CCCC(NC(=O)c1c(-c2cccc(F)c2)nc(-c2ccccc2)n1CC)c1ccccc1. The summed E-state index contributed by atoms with van der Waals surface area (Å²) >= 11 is 0. The number of imidazole rings is 1. The van der Waals surface area contributed by atoms with E-state index in [2.05, 4.69) is 12.2 Å². The van der Waals surface area contributed by atoms with Gasteiger partial charge in [0.15, 0.2) is 0 Å². The molecule has 4 aromatic rings. The number of nitrogens with one attached hydrogen (secondary N) is 1. The van der Waals surface area contributed by atoms with Gasteiger partial charge in [-0.25, -0.2) is 9.37 Å². The largest absolute Gasteiger partial charge is 0.344 e. The first-order valence-electron chi connectivity index (χ1n) is 11.4. The summed E-state index contributed by atoms with van der Waals surface area (Å²) < 4.78 is 16.0. The molecule has 0 spiro atoms. The molecule has 0 aliphatic carbocycles. The number of carbonyl (C=O) groups is 1. The van der Waals surface area contributed by atoms with Crippen molar-refractivity contribution in [3.63, 3.8) is 0 Å². The number of nitrogens with zero attached hydrogens (tertiary/aromatic N) is 2. The van der Waals surface area contributed by atoms with Gasteiger partial charge in [-0.1, -0.05) is 86.1 Å². The van der Waals surface area contributed by atoms with E-state index in [-0.39, 0.29) is 17.8 Å². The zero-order chi connectivity index (χ0) is 23.2. The second kappa shape index (κ2) is 10.3. The highest BCUT2D eigenvalue weighted by Crippen LogP contribution is 2.31. The lowest BCUT2D eigenvalue weighted by Gasteiger charge is -2.20. The number of halogens is 1. The molecule has 0 fully saturated rings. The van der Waals surface area contributed by atoms with Crippen LogP contribution in [0.4, 0.5) is 4.39 Å². The maximum absolute atomic E-state index is 14.1. The minimum Gasteiger partial charge on any atom is -0.344 e. The molecule has 33 heavy (non-hydrogen) atoms. The Morgan fingerprint density at radius 3 is 2.24 bits per heavy atom. The second-order valence-corrected chi connectivity index (χ2v) is 7.98. The van der Waals surface area contributed by atoms with Crippen LogP contribution in [0.5, 0.6) is 0 Å². The van der Waals surface area contributed by atoms with Gasteiger partial charge in [-0.3, -0.25) is 4.79 Å². The summed E-state index contributed by atoms with van der Waals surface area (Å²) in [6.07, 6.45) is 1.75. The van der Waals surface area contributed by atoms with Gasteiger partial charge in [0, 0.05) is 17.7 Å². The van der Waals surface area contributed by atoms with Crippen molar-refractivity contribution in [3.8, 4) is 22.6 Å². The van der Waals surface area contributed by atoms with Crippen molar-refractivity contribution in [3.05, 3.63) is 102 Å². The van der Waals surface area contributed by atoms with E-state index in [4.69, 9.17) is 4.98 Å². The van der Waals surface area contributed by atoms with Gasteiger partial charge in [-0.15, -0.1) is 0 Å². The third-order valence-electron chi connectivity index (χ3n) is 5.71. The minimum atomic E-state index is -0.362. The highest BCUT2D eigenvalue weighted by molar-refractivity contribution is 5.99. The van der Waals surface area contributed by atoms with Crippen LogP contribution in [0.1, 0.15) is 48.8 Å². The molecule has 1 N–H and O–H groups in total. The van der Waals surface area contributed by atoms with E-state index in [1.807, 2.05) is 72.2 Å². The van der Waals surface area contributed by atoms with E-state index in [9.17, 15) is 9.18 Å². The fourth-order valence-corrected chi connectivity index (χ4v) is 4.16. The number of amides is 1. The van der Waals surface area contributed by atoms with Crippen molar-refractivity contribution in [2.24, 2.45) is 0 Å². The minimum absolute atomic E-state index is 0.121. The highest BCUT2D eigenvalue weighted by atomic mass is 19.1. The molecule has 0 saturated carbocycles. The standard InChI is InChI=1S/C28H28FN3O/c1-3-12-24(20-13-7-5-8-14-20)30-28(33)26-25(22-17-11-18-23(29)19-22)31-27(32(26)4-2)21-15-9-6-10-16-21/h5-11,13-19,24H,3-4,12H2,1-2H3,(H,30,33). The van der Waals surface area contributed by atoms with Gasteiger partial charge >= 0.3 is 0 Å². The zero-order valence-electron chi connectivity index (χ0n) is 19.0. The molecular formula is C28H28FN3O. The van der Waals surface area contributed by atoms with Crippen molar-refractivity contribution in [2.75, 3.05) is 0 Å². The number of carbonyl (C=O) groups excluding carboxylic acids is 1. The average molecular weight is 442 g/mol. The van der Waals surface area contributed by atoms with Crippen LogP contribution < -0.4 is 5.32 Å². The molecule has 1 amide bonds. The molecule has 1 atom stereocenters. The third-order valence-corrected chi connectivity index (χ3v) is 5.71. The predicted molar refractivity (Wildman–Crippen MR) is 130 cm³/mol. The van der Waals surface area contributed by atoms with Crippen molar-refractivity contribution >= 4 is 5.91 Å². The summed E-state index contributed by atoms with van der Waals surface area (Å²) in [4.78, 5) is 18.6. The van der Waals surface area contributed by atoms with Crippen LogP contribution in [0.25, 0.3) is 22.6 Å². The van der Waals surface area contributed by atoms with Crippen LogP contribution in [0.3, 0.4) is 0 Å². The first-order valence-corrected chi connectivity index (χ1v) is 11.4. The van der Waals surface area contributed by atoms with E-state index in [0.29, 0.717) is 29.3 Å². The number of hydrogen-bond acceptors (Lipinski definition) is 2. The smallest absolute Gasteiger partial charge is 0.270 e. The monoisotopic (exact) mass is 441 g/mol. The first-order chi connectivity index (χ1) is 16.1. The van der Waals surface area contributed by atoms with E-state index < -0.39 is 0 Å². The molecule has 1 unspecified atom stereocenters. The maximum atomic E-state index is 14.1. The maximum Gasteiger partial charge on any atom is 0.270 e. The van der Waals surface area contributed by atoms with Gasteiger partial charge in [-0.05, 0) is 31.0 Å². The molecule has 4 rings (SSSR count). The fourth-order valence-electron chi connectivity index (χ4n) is 4.16. The van der Waals surface area contributed by atoms with Crippen LogP contribution in [-0.4, -0.2) is 15.5 Å². The van der Waals surface area contributed by atoms with Crippen molar-refractivity contribution in [2.45, 2.75) is 39.3 Å². The number of rotatable bonds is 8. The van der Waals surface area contributed by atoms with E-state index in [1.165, 1.54) is 12.1 Å². The van der Waals surface area contributed by atoms with Gasteiger partial charge in [0.25, 0.3) is 5.91 Å². The number of aromatic nitrogens is 2. The van der Waals surface area contributed by atoms with Gasteiger partial charge < -0.3 is 9.88 Å². The molecule has 168 valence electrons. The molecule has 0 aliphatic heterocycles. The summed E-state index contributed by atoms with van der Waals surface area (Å²) in [6.45, 7) is 4.64. The van der Waals surface area contributed by atoms with Crippen LogP contribution in [-0.2, 0) is 6.54 Å². The molecule has 1 heterocycles. The van der Waals surface area contributed by atoms with Gasteiger partial charge in [0.1, 0.15) is 23.0 Å². The average Bonchev–Trinajstić information content (AvgIpc) is 3.25. The van der Waals surface area contributed by atoms with E-state index in [1.54, 1.807) is 12.1 Å². The lowest BCUT2D eigenvalue weighted by atomic mass is 10.0. The molecule has 5 heteroatoms. The Morgan fingerprint density at radius 1 is 0.939 bits per heavy atom. The van der Waals surface area contributed by atoms with Crippen molar-refractivity contribution in [1.29, 1.82) is 0 Å².